The molecule has 0 saturated carbocycles. The highest BCUT2D eigenvalue weighted by Crippen LogP contribution is 2.30. The predicted molar refractivity (Wildman–Crippen MR) is 56.0 cm³/mol. The molecule has 1 unspecified atom stereocenters. The van der Waals surface area contributed by atoms with Crippen molar-refractivity contribution in [2.24, 2.45) is 0 Å². The lowest BCUT2D eigenvalue weighted by atomic mass is 9.97. The molecule has 1 aromatic rings. The van der Waals surface area contributed by atoms with Crippen molar-refractivity contribution in [3.05, 3.63) is 34.4 Å². The third-order valence-corrected chi connectivity index (χ3v) is 3.05. The van der Waals surface area contributed by atoms with Gasteiger partial charge in [-0.3, -0.25) is 0 Å². The summed E-state index contributed by atoms with van der Waals surface area (Å²) in [7, 11) is 0. The Kier molecular flexibility index (Phi) is 3.22. The Morgan fingerprint density at radius 3 is 2.60 bits per heavy atom. The van der Waals surface area contributed by atoms with Crippen molar-refractivity contribution in [1.29, 1.82) is 0 Å². The molecular weight excluding hydrogens is 220 g/mol. The van der Waals surface area contributed by atoms with E-state index in [0.29, 0.717) is 10.6 Å². The molecule has 1 fully saturated rings. The summed E-state index contributed by atoms with van der Waals surface area (Å²) in [5, 5.41) is 3.55. The van der Waals surface area contributed by atoms with E-state index in [-0.39, 0.29) is 6.04 Å². The number of piperidine rings is 1. The quantitative estimate of drug-likeness (QED) is 0.731. The van der Waals surface area contributed by atoms with E-state index in [4.69, 9.17) is 11.6 Å². The van der Waals surface area contributed by atoms with E-state index in [1.807, 2.05) is 0 Å². The maximum absolute atomic E-state index is 13.1. The van der Waals surface area contributed by atoms with E-state index < -0.39 is 11.6 Å². The molecule has 0 amide bonds. The van der Waals surface area contributed by atoms with Gasteiger partial charge < -0.3 is 5.32 Å². The van der Waals surface area contributed by atoms with E-state index in [9.17, 15) is 8.78 Å². The van der Waals surface area contributed by atoms with Crippen molar-refractivity contribution in [3.63, 3.8) is 0 Å². The number of benzene rings is 1. The van der Waals surface area contributed by atoms with Crippen molar-refractivity contribution in [2.45, 2.75) is 25.3 Å². The van der Waals surface area contributed by atoms with Gasteiger partial charge in [0.15, 0.2) is 11.6 Å². The van der Waals surface area contributed by atoms with Gasteiger partial charge in [-0.15, -0.1) is 0 Å². The summed E-state index contributed by atoms with van der Waals surface area (Å²) in [5.74, 6) is -1.72. The molecule has 0 aliphatic carbocycles. The molecule has 1 aromatic carbocycles. The van der Waals surface area contributed by atoms with Crippen LogP contribution in [0.15, 0.2) is 12.1 Å². The normalized spacial score (nSPS) is 21.7. The molecular formula is C11H12ClF2N. The SMILES string of the molecule is Fc1cc(Cl)c(C2CCCCN2)cc1F. The van der Waals surface area contributed by atoms with Crippen molar-refractivity contribution in [2.75, 3.05) is 6.54 Å². The van der Waals surface area contributed by atoms with Crippen LogP contribution in [-0.4, -0.2) is 6.54 Å². The monoisotopic (exact) mass is 231 g/mol. The summed E-state index contributed by atoms with van der Waals surface area (Å²) in [6.07, 6.45) is 3.13. The number of nitrogens with one attached hydrogen (secondary N) is 1. The van der Waals surface area contributed by atoms with Crippen LogP contribution in [0, 0.1) is 11.6 Å². The molecule has 4 heteroatoms. The molecule has 82 valence electrons. The van der Waals surface area contributed by atoms with E-state index in [2.05, 4.69) is 5.32 Å². The molecule has 0 aromatic heterocycles. The minimum Gasteiger partial charge on any atom is -0.310 e. The summed E-state index contributed by atoms with van der Waals surface area (Å²) in [6, 6.07) is 2.30. The average Bonchev–Trinajstić information content (AvgIpc) is 2.25. The molecule has 15 heavy (non-hydrogen) atoms. The number of halogens is 3. The molecule has 0 bridgehead atoms. The fraction of sp³-hybridized carbons (Fsp3) is 0.455. The first-order valence-corrected chi connectivity index (χ1v) is 5.44. The molecule has 0 spiro atoms. The highest BCUT2D eigenvalue weighted by atomic mass is 35.5. The fourth-order valence-corrected chi connectivity index (χ4v) is 2.20. The Balaban J connectivity index is 2.30. The highest BCUT2D eigenvalue weighted by molar-refractivity contribution is 6.31. The fourth-order valence-electron chi connectivity index (χ4n) is 1.92. The van der Waals surface area contributed by atoms with Gasteiger partial charge >= 0.3 is 0 Å². The number of rotatable bonds is 1. The Bertz CT molecular complexity index is 362. The average molecular weight is 232 g/mol. The second-order valence-corrected chi connectivity index (χ2v) is 4.20. The summed E-state index contributed by atoms with van der Waals surface area (Å²) in [5.41, 5.74) is 0.662. The smallest absolute Gasteiger partial charge is 0.160 e. The lowest BCUT2D eigenvalue weighted by molar-refractivity contribution is 0.409. The van der Waals surface area contributed by atoms with Crippen molar-refractivity contribution in [3.8, 4) is 0 Å². The molecule has 1 saturated heterocycles. The third kappa shape index (κ3) is 2.29. The molecule has 0 radical (unpaired) electrons. The van der Waals surface area contributed by atoms with Crippen molar-refractivity contribution >= 4 is 11.6 Å². The zero-order valence-electron chi connectivity index (χ0n) is 8.19. The molecule has 1 aliphatic rings. The number of hydrogen-bond acceptors (Lipinski definition) is 1. The Labute approximate surface area is 92.4 Å². The van der Waals surface area contributed by atoms with Crippen LogP contribution in [0.2, 0.25) is 5.02 Å². The van der Waals surface area contributed by atoms with Crippen LogP contribution in [0.4, 0.5) is 8.78 Å². The lowest BCUT2D eigenvalue weighted by Gasteiger charge is -2.24. The van der Waals surface area contributed by atoms with Gasteiger partial charge in [0.25, 0.3) is 0 Å². The van der Waals surface area contributed by atoms with Gasteiger partial charge in [-0.1, -0.05) is 18.0 Å². The van der Waals surface area contributed by atoms with Gasteiger partial charge in [0.05, 0.1) is 0 Å². The van der Waals surface area contributed by atoms with E-state index in [1.165, 1.54) is 6.07 Å². The standard InChI is InChI=1S/C11H12ClF2N/c12-8-6-10(14)9(13)5-7(8)11-3-1-2-4-15-11/h5-6,11,15H,1-4H2. The van der Waals surface area contributed by atoms with E-state index in [1.54, 1.807) is 0 Å². The maximum atomic E-state index is 13.1. The van der Waals surface area contributed by atoms with E-state index >= 15 is 0 Å². The summed E-state index contributed by atoms with van der Waals surface area (Å²) in [6.45, 7) is 0.903. The maximum Gasteiger partial charge on any atom is 0.160 e. The zero-order valence-corrected chi connectivity index (χ0v) is 8.95. The Morgan fingerprint density at radius 1 is 1.20 bits per heavy atom. The van der Waals surface area contributed by atoms with Gasteiger partial charge in [-0.25, -0.2) is 8.78 Å². The van der Waals surface area contributed by atoms with Crippen LogP contribution in [0.1, 0.15) is 30.9 Å². The lowest BCUT2D eigenvalue weighted by Crippen LogP contribution is -2.27. The third-order valence-electron chi connectivity index (χ3n) is 2.73. The summed E-state index contributed by atoms with van der Waals surface area (Å²) in [4.78, 5) is 0. The van der Waals surface area contributed by atoms with Crippen LogP contribution in [0.25, 0.3) is 0 Å². The van der Waals surface area contributed by atoms with E-state index in [0.717, 1.165) is 31.9 Å². The second kappa shape index (κ2) is 4.45. The first-order chi connectivity index (χ1) is 7.18. The van der Waals surface area contributed by atoms with Gasteiger partial charge in [0.1, 0.15) is 0 Å². The zero-order chi connectivity index (χ0) is 10.8. The highest BCUT2D eigenvalue weighted by Gasteiger charge is 2.19. The molecule has 1 atom stereocenters. The summed E-state index contributed by atoms with van der Waals surface area (Å²) < 4.78 is 25.9. The van der Waals surface area contributed by atoms with Gasteiger partial charge in [0, 0.05) is 11.1 Å². The van der Waals surface area contributed by atoms with Crippen LogP contribution in [-0.2, 0) is 0 Å². The minimum atomic E-state index is -0.889. The topological polar surface area (TPSA) is 12.0 Å². The number of hydrogen-bond donors (Lipinski definition) is 1. The first-order valence-electron chi connectivity index (χ1n) is 5.06. The Morgan fingerprint density at radius 2 is 1.93 bits per heavy atom. The molecule has 2 rings (SSSR count). The minimum absolute atomic E-state index is 0.0568. The summed E-state index contributed by atoms with van der Waals surface area (Å²) >= 11 is 5.89. The Hall–Kier alpha value is -0.670. The van der Waals surface area contributed by atoms with Gasteiger partial charge in [-0.05, 0) is 37.1 Å². The van der Waals surface area contributed by atoms with Crippen molar-refractivity contribution in [1.82, 2.24) is 5.32 Å². The molecule has 1 heterocycles. The first kappa shape index (κ1) is 10.8. The van der Waals surface area contributed by atoms with Crippen LogP contribution >= 0.6 is 11.6 Å². The van der Waals surface area contributed by atoms with Crippen LogP contribution < -0.4 is 5.32 Å². The molecule has 1 N–H and O–H groups in total. The van der Waals surface area contributed by atoms with Crippen LogP contribution in [0.3, 0.4) is 0 Å². The predicted octanol–water partition coefficient (Wildman–Crippen LogP) is 3.43. The second-order valence-electron chi connectivity index (χ2n) is 3.79. The van der Waals surface area contributed by atoms with Gasteiger partial charge in [-0.2, -0.15) is 0 Å². The molecule has 1 nitrogen and oxygen atoms in total. The molecule has 1 aliphatic heterocycles. The largest absolute Gasteiger partial charge is 0.310 e. The van der Waals surface area contributed by atoms with Crippen LogP contribution in [0.5, 0.6) is 0 Å². The van der Waals surface area contributed by atoms with Crippen molar-refractivity contribution < 1.29 is 8.78 Å². The van der Waals surface area contributed by atoms with Gasteiger partial charge in [0.2, 0.25) is 0 Å².